The van der Waals surface area contributed by atoms with Crippen LogP contribution in [0.25, 0.3) is 0 Å². The van der Waals surface area contributed by atoms with E-state index in [9.17, 15) is 4.79 Å². The summed E-state index contributed by atoms with van der Waals surface area (Å²) in [4.78, 5) is 17.4. The summed E-state index contributed by atoms with van der Waals surface area (Å²) >= 11 is 0. The van der Waals surface area contributed by atoms with Crippen LogP contribution < -0.4 is 5.73 Å². The number of amides is 1. The first kappa shape index (κ1) is 16.3. The Morgan fingerprint density at radius 2 is 1.50 bits per heavy atom. The van der Waals surface area contributed by atoms with Gasteiger partial charge in [0.2, 0.25) is 5.91 Å². The zero-order valence-corrected chi connectivity index (χ0v) is 14.1. The molecule has 0 aromatic carbocycles. The van der Waals surface area contributed by atoms with Crippen LogP contribution in [0.4, 0.5) is 0 Å². The molecule has 2 N–H and O–H groups in total. The Morgan fingerprint density at radius 1 is 0.909 bits per heavy atom. The highest BCUT2D eigenvalue weighted by molar-refractivity contribution is 5.86. The van der Waals surface area contributed by atoms with Crippen molar-refractivity contribution >= 4 is 5.91 Å². The summed E-state index contributed by atoms with van der Waals surface area (Å²) in [6.45, 7) is 5.08. The molecular weight excluding hydrogens is 274 g/mol. The van der Waals surface area contributed by atoms with E-state index in [1.54, 1.807) is 0 Å². The lowest BCUT2D eigenvalue weighted by Gasteiger charge is -2.42. The molecule has 0 atom stereocenters. The standard InChI is InChI=1S/C18H33N3O/c19-18(9-5-2-6-10-18)17(22)21-13-11-20(12-14-21)15-16-7-3-1-4-8-16/h16H,1-15,19H2. The number of hydrogen-bond donors (Lipinski definition) is 1. The van der Waals surface area contributed by atoms with E-state index in [-0.39, 0.29) is 5.91 Å². The Morgan fingerprint density at radius 3 is 2.14 bits per heavy atom. The first-order valence-corrected chi connectivity index (χ1v) is 9.48. The van der Waals surface area contributed by atoms with Crippen LogP contribution in [0.5, 0.6) is 0 Å². The number of nitrogens with two attached hydrogens (primary N) is 1. The van der Waals surface area contributed by atoms with E-state index in [2.05, 4.69) is 4.90 Å². The Kier molecular flexibility index (Phi) is 5.40. The first-order valence-electron chi connectivity index (χ1n) is 9.48. The minimum absolute atomic E-state index is 0.226. The summed E-state index contributed by atoms with van der Waals surface area (Å²) in [5, 5.41) is 0. The van der Waals surface area contributed by atoms with Crippen LogP contribution in [-0.2, 0) is 4.79 Å². The third-order valence-corrected chi connectivity index (χ3v) is 6.07. The van der Waals surface area contributed by atoms with Gasteiger partial charge in [0.05, 0.1) is 5.54 Å². The second-order valence-corrected chi connectivity index (χ2v) is 7.81. The number of rotatable bonds is 3. The third kappa shape index (κ3) is 3.83. The number of hydrogen-bond acceptors (Lipinski definition) is 3. The van der Waals surface area contributed by atoms with E-state index in [1.165, 1.54) is 45.1 Å². The van der Waals surface area contributed by atoms with Gasteiger partial charge in [0.25, 0.3) is 0 Å². The summed E-state index contributed by atoms with van der Waals surface area (Å²) < 4.78 is 0. The molecule has 0 aromatic heterocycles. The lowest BCUT2D eigenvalue weighted by Crippen LogP contribution is -2.60. The fourth-order valence-corrected chi connectivity index (χ4v) is 4.58. The van der Waals surface area contributed by atoms with Gasteiger partial charge >= 0.3 is 0 Å². The van der Waals surface area contributed by atoms with Crippen molar-refractivity contribution in [2.24, 2.45) is 11.7 Å². The van der Waals surface area contributed by atoms with Crippen LogP contribution in [-0.4, -0.2) is 54.0 Å². The molecule has 1 heterocycles. The number of piperazine rings is 1. The Balaban J connectivity index is 1.45. The highest BCUT2D eigenvalue weighted by atomic mass is 16.2. The van der Waals surface area contributed by atoms with E-state index in [0.717, 1.165) is 57.8 Å². The van der Waals surface area contributed by atoms with Crippen molar-refractivity contribution in [3.8, 4) is 0 Å². The molecule has 4 nitrogen and oxygen atoms in total. The van der Waals surface area contributed by atoms with Crippen molar-refractivity contribution in [3.63, 3.8) is 0 Å². The van der Waals surface area contributed by atoms with Crippen molar-refractivity contribution in [1.29, 1.82) is 0 Å². The van der Waals surface area contributed by atoms with Gasteiger partial charge in [-0.2, -0.15) is 0 Å². The van der Waals surface area contributed by atoms with Gasteiger partial charge in [0.1, 0.15) is 0 Å². The zero-order chi connectivity index (χ0) is 15.4. The molecule has 2 aliphatic carbocycles. The average Bonchev–Trinajstić information content (AvgIpc) is 2.56. The molecule has 0 bridgehead atoms. The molecule has 22 heavy (non-hydrogen) atoms. The van der Waals surface area contributed by atoms with E-state index in [0.29, 0.717) is 0 Å². The van der Waals surface area contributed by atoms with Crippen molar-refractivity contribution in [2.75, 3.05) is 32.7 Å². The number of nitrogens with zero attached hydrogens (tertiary/aromatic N) is 2. The monoisotopic (exact) mass is 307 g/mol. The molecular formula is C18H33N3O. The highest BCUT2D eigenvalue weighted by Gasteiger charge is 2.39. The van der Waals surface area contributed by atoms with Crippen molar-refractivity contribution in [2.45, 2.75) is 69.7 Å². The van der Waals surface area contributed by atoms with E-state index in [4.69, 9.17) is 5.73 Å². The molecule has 4 heteroatoms. The molecule has 0 radical (unpaired) electrons. The molecule has 3 fully saturated rings. The minimum Gasteiger partial charge on any atom is -0.339 e. The summed E-state index contributed by atoms with van der Waals surface area (Å²) in [5.41, 5.74) is 5.86. The Bertz CT molecular complexity index is 365. The summed E-state index contributed by atoms with van der Waals surface area (Å²) in [5.74, 6) is 1.12. The Labute approximate surface area is 135 Å². The van der Waals surface area contributed by atoms with Gasteiger partial charge in [0, 0.05) is 32.7 Å². The molecule has 2 saturated carbocycles. The average molecular weight is 307 g/mol. The van der Waals surface area contributed by atoms with Gasteiger partial charge < -0.3 is 10.6 Å². The van der Waals surface area contributed by atoms with Gasteiger partial charge in [-0.05, 0) is 31.6 Å². The molecule has 3 aliphatic rings. The van der Waals surface area contributed by atoms with Crippen LogP contribution in [0, 0.1) is 5.92 Å². The first-order chi connectivity index (χ1) is 10.7. The predicted molar refractivity (Wildman–Crippen MR) is 89.6 cm³/mol. The molecule has 1 aliphatic heterocycles. The fraction of sp³-hybridized carbons (Fsp3) is 0.944. The maximum atomic E-state index is 12.8. The SMILES string of the molecule is NC1(C(=O)N2CCN(CC3CCCCC3)CC2)CCCCC1. The van der Waals surface area contributed by atoms with Crippen molar-refractivity contribution < 1.29 is 4.79 Å². The minimum atomic E-state index is -0.552. The smallest absolute Gasteiger partial charge is 0.242 e. The van der Waals surface area contributed by atoms with Crippen LogP contribution in [0.3, 0.4) is 0 Å². The van der Waals surface area contributed by atoms with Gasteiger partial charge in [0.15, 0.2) is 0 Å². The molecule has 0 spiro atoms. The van der Waals surface area contributed by atoms with Crippen LogP contribution in [0.1, 0.15) is 64.2 Å². The maximum absolute atomic E-state index is 12.8. The van der Waals surface area contributed by atoms with Gasteiger partial charge in [-0.25, -0.2) is 0 Å². The predicted octanol–water partition coefficient (Wildman–Crippen LogP) is 2.37. The second-order valence-electron chi connectivity index (χ2n) is 7.81. The summed E-state index contributed by atoms with van der Waals surface area (Å²) in [6.07, 6.45) is 12.3. The lowest BCUT2D eigenvalue weighted by atomic mass is 9.81. The third-order valence-electron chi connectivity index (χ3n) is 6.07. The van der Waals surface area contributed by atoms with Crippen LogP contribution in [0.15, 0.2) is 0 Å². The summed E-state index contributed by atoms with van der Waals surface area (Å²) in [6, 6.07) is 0. The van der Waals surface area contributed by atoms with E-state index >= 15 is 0 Å². The molecule has 0 unspecified atom stereocenters. The molecule has 1 amide bonds. The molecule has 1 saturated heterocycles. The summed E-state index contributed by atoms with van der Waals surface area (Å²) in [7, 11) is 0. The maximum Gasteiger partial charge on any atom is 0.242 e. The van der Waals surface area contributed by atoms with Gasteiger partial charge in [-0.3, -0.25) is 9.69 Å². The number of carbonyl (C=O) groups excluding carboxylic acids is 1. The number of carbonyl (C=O) groups is 1. The Hall–Kier alpha value is -0.610. The van der Waals surface area contributed by atoms with Crippen molar-refractivity contribution in [1.82, 2.24) is 9.80 Å². The highest BCUT2D eigenvalue weighted by Crippen LogP contribution is 2.28. The van der Waals surface area contributed by atoms with E-state index < -0.39 is 5.54 Å². The normalized spacial score (nSPS) is 27.8. The van der Waals surface area contributed by atoms with Crippen LogP contribution in [0.2, 0.25) is 0 Å². The largest absolute Gasteiger partial charge is 0.339 e. The molecule has 0 aromatic rings. The second kappa shape index (κ2) is 7.31. The van der Waals surface area contributed by atoms with Crippen LogP contribution >= 0.6 is 0 Å². The zero-order valence-electron chi connectivity index (χ0n) is 14.1. The quantitative estimate of drug-likeness (QED) is 0.871. The van der Waals surface area contributed by atoms with Gasteiger partial charge in [-0.15, -0.1) is 0 Å². The van der Waals surface area contributed by atoms with Crippen molar-refractivity contribution in [3.05, 3.63) is 0 Å². The fourth-order valence-electron chi connectivity index (χ4n) is 4.58. The topological polar surface area (TPSA) is 49.6 Å². The molecule has 3 rings (SSSR count). The lowest BCUT2D eigenvalue weighted by molar-refractivity contribution is -0.140. The molecule has 126 valence electrons. The van der Waals surface area contributed by atoms with Gasteiger partial charge in [-0.1, -0.05) is 38.5 Å². The van der Waals surface area contributed by atoms with E-state index in [1.807, 2.05) is 4.90 Å².